The molecular formula is C32H37N3O3. The Balaban J connectivity index is 1.59. The minimum absolute atomic E-state index is 0.214. The summed E-state index contributed by atoms with van der Waals surface area (Å²) in [5.74, 6) is -0.622. The van der Waals surface area contributed by atoms with E-state index in [-0.39, 0.29) is 5.91 Å². The summed E-state index contributed by atoms with van der Waals surface area (Å²) < 4.78 is 5.12. The van der Waals surface area contributed by atoms with Crippen LogP contribution in [0.2, 0.25) is 0 Å². The van der Waals surface area contributed by atoms with Crippen molar-refractivity contribution in [2.24, 2.45) is 0 Å². The van der Waals surface area contributed by atoms with E-state index in [2.05, 4.69) is 53.8 Å². The smallest absolute Gasteiger partial charge is 0.338 e. The number of hydrogen-bond acceptors (Lipinski definition) is 5. The maximum absolute atomic E-state index is 13.2. The molecule has 3 aromatic rings. The van der Waals surface area contributed by atoms with Crippen LogP contribution in [0.25, 0.3) is 11.3 Å². The van der Waals surface area contributed by atoms with Crippen molar-refractivity contribution in [2.75, 3.05) is 30.8 Å². The van der Waals surface area contributed by atoms with E-state index in [1.807, 2.05) is 30.3 Å². The van der Waals surface area contributed by atoms with Crippen LogP contribution in [-0.2, 0) is 16.1 Å². The summed E-state index contributed by atoms with van der Waals surface area (Å²) in [6.07, 6.45) is 5.05. The lowest BCUT2D eigenvalue weighted by Crippen LogP contribution is -2.19. The van der Waals surface area contributed by atoms with Gasteiger partial charge >= 0.3 is 5.97 Å². The summed E-state index contributed by atoms with van der Waals surface area (Å²) in [5, 5.41) is 6.43. The van der Waals surface area contributed by atoms with Gasteiger partial charge in [-0.2, -0.15) is 0 Å². The van der Waals surface area contributed by atoms with Gasteiger partial charge < -0.3 is 20.3 Å². The van der Waals surface area contributed by atoms with E-state index in [1.165, 1.54) is 31.2 Å². The van der Waals surface area contributed by atoms with Crippen molar-refractivity contribution in [1.82, 2.24) is 4.90 Å². The Kier molecular flexibility index (Phi) is 9.33. The van der Waals surface area contributed by atoms with Gasteiger partial charge in [-0.25, -0.2) is 4.79 Å². The molecule has 0 fully saturated rings. The van der Waals surface area contributed by atoms with Crippen LogP contribution in [0.4, 0.5) is 11.4 Å². The summed E-state index contributed by atoms with van der Waals surface area (Å²) >= 11 is 0. The van der Waals surface area contributed by atoms with Crippen molar-refractivity contribution in [3.8, 4) is 0 Å². The predicted molar refractivity (Wildman–Crippen MR) is 155 cm³/mol. The van der Waals surface area contributed by atoms with E-state index in [0.29, 0.717) is 29.1 Å². The van der Waals surface area contributed by atoms with Crippen LogP contribution in [0.3, 0.4) is 0 Å². The van der Waals surface area contributed by atoms with Crippen LogP contribution in [0, 0.1) is 0 Å². The number of unbranched alkanes of at least 4 members (excludes halogenated alkanes) is 3. The van der Waals surface area contributed by atoms with Crippen LogP contribution < -0.4 is 10.6 Å². The number of fused-ring (bicyclic) bond motifs is 1. The quantitative estimate of drug-likeness (QED) is 0.159. The first kappa shape index (κ1) is 27.1. The van der Waals surface area contributed by atoms with E-state index < -0.39 is 5.97 Å². The van der Waals surface area contributed by atoms with Gasteiger partial charge in [0.25, 0.3) is 5.91 Å². The number of ether oxygens (including phenoxy) is 1. The van der Waals surface area contributed by atoms with Crippen LogP contribution in [-0.4, -0.2) is 37.0 Å². The van der Waals surface area contributed by atoms with E-state index in [4.69, 9.17) is 4.74 Å². The monoisotopic (exact) mass is 511 g/mol. The third-order valence-electron chi connectivity index (χ3n) is 6.66. The second-order valence-electron chi connectivity index (χ2n) is 9.67. The standard InChI is InChI=1S/C32H37N3O3/c1-4-6-7-11-20-35(3)22-23-14-17-26(18-15-23)33-30(24-12-9-8-10-13-24)29-27-19-16-25(32(37)38-5-2)21-28(27)34-31(29)36/h8-10,12-19,21,33H,4-7,11,20,22H2,1-3H3,(H,34,36). The van der Waals surface area contributed by atoms with Crippen LogP contribution in [0.1, 0.15) is 66.6 Å². The van der Waals surface area contributed by atoms with E-state index in [9.17, 15) is 9.59 Å². The number of nitrogens with zero attached hydrogens (tertiary/aromatic N) is 1. The Hall–Kier alpha value is -3.90. The number of carbonyl (C=O) groups is 2. The molecule has 0 aliphatic carbocycles. The fourth-order valence-electron chi connectivity index (χ4n) is 4.68. The summed E-state index contributed by atoms with van der Waals surface area (Å²) in [4.78, 5) is 27.8. The van der Waals surface area contributed by atoms with Gasteiger partial charge in [0.2, 0.25) is 0 Å². The average Bonchev–Trinajstić information content (AvgIpc) is 3.26. The highest BCUT2D eigenvalue weighted by molar-refractivity contribution is 6.37. The Morgan fingerprint density at radius 1 is 0.921 bits per heavy atom. The Morgan fingerprint density at radius 3 is 2.39 bits per heavy atom. The number of nitrogens with one attached hydrogen (secondary N) is 2. The largest absolute Gasteiger partial charge is 0.462 e. The number of hydrogen-bond donors (Lipinski definition) is 2. The fraction of sp³-hybridized carbons (Fsp3) is 0.312. The summed E-state index contributed by atoms with van der Waals surface area (Å²) in [5.41, 5.74) is 6.05. The van der Waals surface area contributed by atoms with Gasteiger partial charge in [-0.05, 0) is 62.3 Å². The van der Waals surface area contributed by atoms with Gasteiger partial charge in [-0.3, -0.25) is 4.79 Å². The number of rotatable bonds is 12. The summed E-state index contributed by atoms with van der Waals surface area (Å²) in [6, 6.07) is 23.4. The molecule has 0 spiro atoms. The minimum Gasteiger partial charge on any atom is -0.462 e. The van der Waals surface area contributed by atoms with E-state index in [1.54, 1.807) is 25.1 Å². The van der Waals surface area contributed by atoms with Crippen LogP contribution in [0.5, 0.6) is 0 Å². The zero-order valence-corrected chi connectivity index (χ0v) is 22.5. The number of esters is 1. The van der Waals surface area contributed by atoms with Gasteiger partial charge in [0.1, 0.15) is 0 Å². The van der Waals surface area contributed by atoms with E-state index >= 15 is 0 Å². The Labute approximate surface area is 225 Å². The molecule has 0 bridgehead atoms. The molecule has 3 aromatic carbocycles. The number of benzene rings is 3. The van der Waals surface area contributed by atoms with E-state index in [0.717, 1.165) is 29.9 Å². The highest BCUT2D eigenvalue weighted by atomic mass is 16.5. The zero-order valence-electron chi connectivity index (χ0n) is 22.5. The second kappa shape index (κ2) is 13.1. The Morgan fingerprint density at radius 2 is 1.68 bits per heavy atom. The lowest BCUT2D eigenvalue weighted by molar-refractivity contribution is -0.110. The number of carbonyl (C=O) groups excluding carboxylic acids is 2. The van der Waals surface area contributed by atoms with Crippen LogP contribution in [0.15, 0.2) is 72.8 Å². The van der Waals surface area contributed by atoms with Gasteiger partial charge in [0.15, 0.2) is 0 Å². The third kappa shape index (κ3) is 6.69. The molecule has 0 radical (unpaired) electrons. The molecule has 6 heteroatoms. The first-order valence-electron chi connectivity index (χ1n) is 13.5. The van der Waals surface area contributed by atoms with Crippen molar-refractivity contribution in [1.29, 1.82) is 0 Å². The SMILES string of the molecule is CCCCCCN(C)Cc1ccc(NC(=C2C(=O)Nc3cc(C(=O)OCC)ccc32)c2ccccc2)cc1. The lowest BCUT2D eigenvalue weighted by atomic mass is 9.99. The van der Waals surface area contributed by atoms with Gasteiger partial charge in [-0.15, -0.1) is 0 Å². The highest BCUT2D eigenvalue weighted by Gasteiger charge is 2.29. The topological polar surface area (TPSA) is 70.7 Å². The summed E-state index contributed by atoms with van der Waals surface area (Å²) in [6.45, 7) is 6.29. The molecule has 0 saturated carbocycles. The van der Waals surface area contributed by atoms with Crippen molar-refractivity contribution in [3.05, 3.63) is 95.1 Å². The van der Waals surface area contributed by atoms with Crippen molar-refractivity contribution < 1.29 is 14.3 Å². The average molecular weight is 512 g/mol. The fourth-order valence-corrected chi connectivity index (χ4v) is 4.68. The third-order valence-corrected chi connectivity index (χ3v) is 6.66. The molecule has 0 unspecified atom stereocenters. The highest BCUT2D eigenvalue weighted by Crippen LogP contribution is 2.38. The molecule has 0 atom stereocenters. The lowest BCUT2D eigenvalue weighted by Gasteiger charge is -2.18. The molecule has 1 aliphatic rings. The normalized spacial score (nSPS) is 13.7. The molecule has 0 aromatic heterocycles. The van der Waals surface area contributed by atoms with Gasteiger partial charge in [0.05, 0.1) is 29.1 Å². The van der Waals surface area contributed by atoms with Crippen molar-refractivity contribution in [2.45, 2.75) is 46.1 Å². The van der Waals surface area contributed by atoms with Crippen molar-refractivity contribution >= 4 is 34.5 Å². The molecule has 0 saturated heterocycles. The first-order chi connectivity index (χ1) is 18.5. The first-order valence-corrected chi connectivity index (χ1v) is 13.5. The Bertz CT molecular complexity index is 1280. The molecular weight excluding hydrogens is 474 g/mol. The second-order valence-corrected chi connectivity index (χ2v) is 9.67. The van der Waals surface area contributed by atoms with Gasteiger partial charge in [0, 0.05) is 17.8 Å². The maximum atomic E-state index is 13.2. The molecule has 198 valence electrons. The van der Waals surface area contributed by atoms with Crippen LogP contribution >= 0.6 is 0 Å². The molecule has 6 nitrogen and oxygen atoms in total. The molecule has 38 heavy (non-hydrogen) atoms. The van der Waals surface area contributed by atoms with Crippen molar-refractivity contribution in [3.63, 3.8) is 0 Å². The van der Waals surface area contributed by atoms with Gasteiger partial charge in [-0.1, -0.05) is 74.7 Å². The number of anilines is 2. The molecule has 1 amide bonds. The summed E-state index contributed by atoms with van der Waals surface area (Å²) in [7, 11) is 2.17. The predicted octanol–water partition coefficient (Wildman–Crippen LogP) is 6.81. The zero-order chi connectivity index (χ0) is 26.9. The molecule has 1 heterocycles. The number of amides is 1. The maximum Gasteiger partial charge on any atom is 0.338 e. The molecule has 4 rings (SSSR count). The molecule has 2 N–H and O–H groups in total. The minimum atomic E-state index is -0.407. The molecule has 1 aliphatic heterocycles.